The van der Waals surface area contributed by atoms with Gasteiger partial charge in [0.15, 0.2) is 5.82 Å². The zero-order valence-electron chi connectivity index (χ0n) is 19.4. The summed E-state index contributed by atoms with van der Waals surface area (Å²) in [6.45, 7) is 3.58. The molecule has 1 aromatic heterocycles. The summed E-state index contributed by atoms with van der Waals surface area (Å²) >= 11 is 12.3. The predicted molar refractivity (Wildman–Crippen MR) is 135 cm³/mol. The summed E-state index contributed by atoms with van der Waals surface area (Å²) in [5, 5.41) is 3.24. The molecule has 7 nitrogen and oxygen atoms in total. The lowest BCUT2D eigenvalue weighted by Gasteiger charge is -2.29. The number of benzene rings is 2. The lowest BCUT2D eigenvalue weighted by Crippen LogP contribution is -2.43. The second kappa shape index (κ2) is 10.8. The Labute approximate surface area is 213 Å². The number of nitrogens with two attached hydrogens (primary N) is 1. The topological polar surface area (TPSA) is 93.4 Å². The average molecular weight is 518 g/mol. The van der Waals surface area contributed by atoms with E-state index in [0.29, 0.717) is 16.8 Å². The van der Waals surface area contributed by atoms with Crippen molar-refractivity contribution in [2.45, 2.75) is 31.9 Å². The van der Waals surface area contributed by atoms with Gasteiger partial charge in [-0.25, -0.2) is 14.4 Å². The van der Waals surface area contributed by atoms with Crippen LogP contribution >= 0.6 is 23.2 Å². The number of piperidine rings is 1. The quantitative estimate of drug-likeness (QED) is 0.440. The summed E-state index contributed by atoms with van der Waals surface area (Å²) in [6, 6.07) is 9.86. The van der Waals surface area contributed by atoms with Crippen LogP contribution in [0.1, 0.15) is 41.8 Å². The molecule has 3 aromatic rings. The minimum Gasteiger partial charge on any atom is -0.467 e. The third-order valence-corrected chi connectivity index (χ3v) is 6.73. The molecule has 2 aromatic carbocycles. The van der Waals surface area contributed by atoms with Crippen LogP contribution in [0.4, 0.5) is 10.2 Å². The number of rotatable bonds is 6. The number of nitrogen functional groups attached to an aromatic ring is 1. The maximum atomic E-state index is 14.0. The highest BCUT2D eigenvalue weighted by Crippen LogP contribution is 2.35. The molecule has 0 bridgehead atoms. The van der Waals surface area contributed by atoms with Crippen molar-refractivity contribution in [3.8, 4) is 17.1 Å². The van der Waals surface area contributed by atoms with Gasteiger partial charge >= 0.3 is 0 Å². The van der Waals surface area contributed by atoms with Crippen molar-refractivity contribution in [1.29, 1.82) is 0 Å². The van der Waals surface area contributed by atoms with Crippen molar-refractivity contribution in [2.75, 3.05) is 25.9 Å². The molecule has 0 spiro atoms. The molecule has 0 radical (unpaired) electrons. The number of carbonyl (C=O) groups is 1. The molecule has 1 saturated heterocycles. The summed E-state index contributed by atoms with van der Waals surface area (Å²) in [6.07, 6.45) is 2.60. The number of carbonyl (C=O) groups excluding carboxylic acids is 1. The van der Waals surface area contributed by atoms with E-state index in [4.69, 9.17) is 33.7 Å². The van der Waals surface area contributed by atoms with E-state index in [2.05, 4.69) is 27.2 Å². The zero-order valence-corrected chi connectivity index (χ0v) is 20.9. The largest absolute Gasteiger partial charge is 0.467 e. The van der Waals surface area contributed by atoms with Gasteiger partial charge in [-0.05, 0) is 64.2 Å². The molecule has 3 N–H and O–H groups in total. The number of ether oxygens (including phenoxy) is 1. The van der Waals surface area contributed by atoms with Crippen molar-refractivity contribution in [2.24, 2.45) is 0 Å². The Balaban J connectivity index is 1.54. The lowest BCUT2D eigenvalue weighted by atomic mass is 10.0. The molecule has 2 heterocycles. The van der Waals surface area contributed by atoms with E-state index in [-0.39, 0.29) is 39.3 Å². The van der Waals surface area contributed by atoms with Gasteiger partial charge in [-0.1, -0.05) is 35.3 Å². The van der Waals surface area contributed by atoms with Gasteiger partial charge in [0.05, 0.1) is 16.9 Å². The number of anilines is 1. The first kappa shape index (κ1) is 25.2. The van der Waals surface area contributed by atoms with Gasteiger partial charge in [-0.2, -0.15) is 0 Å². The number of aromatic nitrogens is 2. The molecule has 1 amide bonds. The van der Waals surface area contributed by atoms with Gasteiger partial charge in [0.25, 0.3) is 11.8 Å². The van der Waals surface area contributed by atoms with Gasteiger partial charge in [-0.3, -0.25) is 4.79 Å². The standard InChI is InChI=1S/C25H26Cl2FN5O2/c1-14(21-18(26)6-7-19(28)22(21)27)35-25-23(29)30-13-20(32-25)15-4-3-5-16(12-15)24(34)31-17-8-10-33(2)11-9-17/h3-7,12-14,17H,8-11H2,1-2H3,(H2,29,30)(H,31,34). The Hall–Kier alpha value is -2.94. The van der Waals surface area contributed by atoms with Crippen LogP contribution < -0.4 is 15.8 Å². The minimum absolute atomic E-state index is 0.0487. The van der Waals surface area contributed by atoms with E-state index in [1.165, 1.54) is 18.3 Å². The highest BCUT2D eigenvalue weighted by Gasteiger charge is 2.22. The zero-order chi connectivity index (χ0) is 25.1. The Morgan fingerprint density at radius 2 is 2.00 bits per heavy atom. The number of hydrogen-bond acceptors (Lipinski definition) is 6. The molecule has 35 heavy (non-hydrogen) atoms. The van der Waals surface area contributed by atoms with Crippen LogP contribution in [0.2, 0.25) is 10.0 Å². The van der Waals surface area contributed by atoms with Crippen molar-refractivity contribution in [1.82, 2.24) is 20.2 Å². The van der Waals surface area contributed by atoms with E-state index < -0.39 is 11.9 Å². The molecule has 0 aliphatic carbocycles. The van der Waals surface area contributed by atoms with Gasteiger partial charge in [0.2, 0.25) is 0 Å². The van der Waals surface area contributed by atoms with Gasteiger partial charge in [0, 0.05) is 27.8 Å². The average Bonchev–Trinajstić information content (AvgIpc) is 2.84. The second-order valence-corrected chi connectivity index (χ2v) is 9.38. The summed E-state index contributed by atoms with van der Waals surface area (Å²) in [4.78, 5) is 23.8. The molecular weight excluding hydrogens is 492 g/mol. The first-order valence-corrected chi connectivity index (χ1v) is 12.0. The van der Waals surface area contributed by atoms with Crippen molar-refractivity contribution >= 4 is 34.9 Å². The molecule has 10 heteroatoms. The third-order valence-electron chi connectivity index (χ3n) is 6.02. The predicted octanol–water partition coefficient (Wildman–Crippen LogP) is 5.14. The van der Waals surface area contributed by atoms with Crippen LogP contribution in [0.25, 0.3) is 11.3 Å². The monoisotopic (exact) mass is 517 g/mol. The summed E-state index contributed by atoms with van der Waals surface area (Å²) in [5.74, 6) is -0.636. The fourth-order valence-corrected chi connectivity index (χ4v) is 4.67. The molecule has 1 fully saturated rings. The fraction of sp³-hybridized carbons (Fsp3) is 0.320. The molecule has 0 saturated carbocycles. The van der Waals surface area contributed by atoms with Crippen molar-refractivity contribution in [3.63, 3.8) is 0 Å². The highest BCUT2D eigenvalue weighted by molar-refractivity contribution is 6.36. The first-order chi connectivity index (χ1) is 16.7. The van der Waals surface area contributed by atoms with Gasteiger partial charge in [-0.15, -0.1) is 0 Å². The van der Waals surface area contributed by atoms with Crippen LogP contribution in [0.5, 0.6) is 5.88 Å². The SMILES string of the molecule is CC(Oc1nc(-c2cccc(C(=O)NC3CCN(C)CC3)c2)cnc1N)c1c(Cl)ccc(F)c1Cl. The van der Waals surface area contributed by atoms with Crippen LogP contribution in [-0.2, 0) is 0 Å². The Morgan fingerprint density at radius 1 is 1.26 bits per heavy atom. The number of nitrogens with zero attached hydrogens (tertiary/aromatic N) is 3. The summed E-state index contributed by atoms with van der Waals surface area (Å²) < 4.78 is 19.8. The van der Waals surface area contributed by atoms with Crippen LogP contribution in [0.15, 0.2) is 42.6 Å². The number of nitrogens with one attached hydrogen (secondary N) is 1. The normalized spacial score (nSPS) is 15.6. The smallest absolute Gasteiger partial charge is 0.258 e. The van der Waals surface area contributed by atoms with E-state index in [0.717, 1.165) is 25.9 Å². The second-order valence-electron chi connectivity index (χ2n) is 8.59. The Morgan fingerprint density at radius 3 is 2.74 bits per heavy atom. The van der Waals surface area contributed by atoms with E-state index >= 15 is 0 Å². The van der Waals surface area contributed by atoms with E-state index in [1.807, 2.05) is 6.07 Å². The lowest BCUT2D eigenvalue weighted by molar-refractivity contribution is 0.0917. The molecule has 4 rings (SSSR count). The highest BCUT2D eigenvalue weighted by atomic mass is 35.5. The fourth-order valence-electron chi connectivity index (χ4n) is 3.99. The van der Waals surface area contributed by atoms with E-state index in [9.17, 15) is 9.18 Å². The van der Waals surface area contributed by atoms with Crippen molar-refractivity contribution in [3.05, 3.63) is 69.6 Å². The summed E-state index contributed by atoms with van der Waals surface area (Å²) in [7, 11) is 2.08. The number of halogens is 3. The Kier molecular flexibility index (Phi) is 7.74. The van der Waals surface area contributed by atoms with Gasteiger partial charge < -0.3 is 20.7 Å². The third kappa shape index (κ3) is 5.83. The molecular formula is C25H26Cl2FN5O2. The van der Waals surface area contributed by atoms with Crippen LogP contribution in [-0.4, -0.2) is 47.0 Å². The Bertz CT molecular complexity index is 1230. The summed E-state index contributed by atoms with van der Waals surface area (Å²) in [5.41, 5.74) is 7.93. The van der Waals surface area contributed by atoms with Crippen molar-refractivity contribution < 1.29 is 13.9 Å². The number of likely N-dealkylation sites (tertiary alicyclic amines) is 1. The van der Waals surface area contributed by atoms with Gasteiger partial charge in [0.1, 0.15) is 11.9 Å². The maximum absolute atomic E-state index is 14.0. The first-order valence-electron chi connectivity index (χ1n) is 11.3. The number of hydrogen-bond donors (Lipinski definition) is 2. The molecule has 1 unspecified atom stereocenters. The molecule has 1 atom stereocenters. The molecule has 184 valence electrons. The minimum atomic E-state index is -0.746. The molecule has 1 aliphatic rings. The van der Waals surface area contributed by atoms with Crippen LogP contribution in [0, 0.1) is 5.82 Å². The maximum Gasteiger partial charge on any atom is 0.258 e. The van der Waals surface area contributed by atoms with E-state index in [1.54, 1.807) is 25.1 Å². The van der Waals surface area contributed by atoms with Crippen LogP contribution in [0.3, 0.4) is 0 Å². The molecule has 1 aliphatic heterocycles. The number of amides is 1.